The van der Waals surface area contributed by atoms with Crippen LogP contribution in [0, 0.1) is 5.82 Å². The molecule has 0 spiro atoms. The molecule has 104 valence electrons. The zero-order valence-electron chi connectivity index (χ0n) is 11.3. The summed E-state index contributed by atoms with van der Waals surface area (Å²) in [6, 6.07) is 5.72. The number of hydrogen-bond donors (Lipinski definition) is 0. The fraction of sp³-hybridized carbons (Fsp3) is 0.533. The predicted molar refractivity (Wildman–Crippen MR) is 71.6 cm³/mol. The fourth-order valence-electron chi connectivity index (χ4n) is 2.32. The number of rotatable bonds is 4. The van der Waals surface area contributed by atoms with E-state index >= 15 is 0 Å². The zero-order chi connectivity index (χ0) is 13.7. The van der Waals surface area contributed by atoms with Gasteiger partial charge in [0.05, 0.1) is 6.10 Å². The molecule has 0 N–H and O–H groups in total. The highest BCUT2D eigenvalue weighted by molar-refractivity contribution is 5.94. The van der Waals surface area contributed by atoms with Gasteiger partial charge in [-0.2, -0.15) is 0 Å². The SMILES string of the molecule is CCCOC1CCCN(C(=O)c2ccc(F)cc2)C1. The van der Waals surface area contributed by atoms with Crippen molar-refractivity contribution < 1.29 is 13.9 Å². The van der Waals surface area contributed by atoms with Gasteiger partial charge in [-0.05, 0) is 43.5 Å². The Morgan fingerprint density at radius 2 is 2.16 bits per heavy atom. The first kappa shape index (κ1) is 14.0. The lowest BCUT2D eigenvalue weighted by Crippen LogP contribution is -2.43. The third kappa shape index (κ3) is 3.77. The molecule has 19 heavy (non-hydrogen) atoms. The van der Waals surface area contributed by atoms with Crippen molar-refractivity contribution in [3.8, 4) is 0 Å². The van der Waals surface area contributed by atoms with Crippen LogP contribution in [0.25, 0.3) is 0 Å². The minimum Gasteiger partial charge on any atom is -0.376 e. The highest BCUT2D eigenvalue weighted by Crippen LogP contribution is 2.16. The highest BCUT2D eigenvalue weighted by atomic mass is 19.1. The summed E-state index contributed by atoms with van der Waals surface area (Å²) < 4.78 is 18.6. The average Bonchev–Trinajstić information content (AvgIpc) is 2.45. The molecular weight excluding hydrogens is 245 g/mol. The third-order valence-corrected chi connectivity index (χ3v) is 3.31. The smallest absolute Gasteiger partial charge is 0.253 e. The van der Waals surface area contributed by atoms with E-state index in [0.29, 0.717) is 12.1 Å². The lowest BCUT2D eigenvalue weighted by atomic mass is 10.1. The first-order valence-electron chi connectivity index (χ1n) is 6.87. The maximum absolute atomic E-state index is 12.8. The van der Waals surface area contributed by atoms with E-state index in [9.17, 15) is 9.18 Å². The second kappa shape index (κ2) is 6.66. The maximum Gasteiger partial charge on any atom is 0.253 e. The van der Waals surface area contributed by atoms with Crippen molar-refractivity contribution in [1.82, 2.24) is 4.90 Å². The van der Waals surface area contributed by atoms with Crippen LogP contribution < -0.4 is 0 Å². The molecule has 1 saturated heterocycles. The van der Waals surface area contributed by atoms with Crippen LogP contribution in [0.1, 0.15) is 36.5 Å². The molecule has 4 heteroatoms. The van der Waals surface area contributed by atoms with Gasteiger partial charge in [-0.3, -0.25) is 4.79 Å². The van der Waals surface area contributed by atoms with E-state index in [0.717, 1.165) is 32.4 Å². The van der Waals surface area contributed by atoms with Crippen LogP contribution in [-0.2, 0) is 4.74 Å². The van der Waals surface area contributed by atoms with Gasteiger partial charge >= 0.3 is 0 Å². The normalized spacial score (nSPS) is 19.5. The van der Waals surface area contributed by atoms with Gasteiger partial charge < -0.3 is 9.64 Å². The first-order valence-corrected chi connectivity index (χ1v) is 6.87. The van der Waals surface area contributed by atoms with Crippen molar-refractivity contribution in [2.45, 2.75) is 32.3 Å². The molecule has 1 aliphatic heterocycles. The molecule has 1 fully saturated rings. The van der Waals surface area contributed by atoms with E-state index in [-0.39, 0.29) is 17.8 Å². The number of carbonyl (C=O) groups is 1. The lowest BCUT2D eigenvalue weighted by Gasteiger charge is -2.32. The van der Waals surface area contributed by atoms with E-state index in [1.54, 1.807) is 4.90 Å². The van der Waals surface area contributed by atoms with Gasteiger partial charge in [0.15, 0.2) is 0 Å². The van der Waals surface area contributed by atoms with E-state index in [1.807, 2.05) is 0 Å². The van der Waals surface area contributed by atoms with Crippen molar-refractivity contribution >= 4 is 5.91 Å². The molecule has 1 heterocycles. The summed E-state index contributed by atoms with van der Waals surface area (Å²) in [7, 11) is 0. The molecule has 2 rings (SSSR count). The molecule has 1 atom stereocenters. The Balaban J connectivity index is 1.96. The molecule has 1 unspecified atom stereocenters. The molecule has 1 aromatic rings. The van der Waals surface area contributed by atoms with Crippen LogP contribution in [0.2, 0.25) is 0 Å². The predicted octanol–water partition coefficient (Wildman–Crippen LogP) is 2.86. The zero-order valence-corrected chi connectivity index (χ0v) is 11.3. The summed E-state index contributed by atoms with van der Waals surface area (Å²) in [5, 5.41) is 0. The van der Waals surface area contributed by atoms with E-state index in [1.165, 1.54) is 24.3 Å². The minimum absolute atomic E-state index is 0.0372. The van der Waals surface area contributed by atoms with Crippen LogP contribution >= 0.6 is 0 Å². The van der Waals surface area contributed by atoms with Gasteiger partial charge in [0, 0.05) is 25.3 Å². The summed E-state index contributed by atoms with van der Waals surface area (Å²) in [4.78, 5) is 14.1. The number of carbonyl (C=O) groups excluding carboxylic acids is 1. The average molecular weight is 265 g/mol. The molecule has 1 aromatic carbocycles. The van der Waals surface area contributed by atoms with E-state index < -0.39 is 0 Å². The molecule has 3 nitrogen and oxygen atoms in total. The minimum atomic E-state index is -0.320. The number of hydrogen-bond acceptors (Lipinski definition) is 2. The van der Waals surface area contributed by atoms with Crippen molar-refractivity contribution in [3.63, 3.8) is 0 Å². The molecule has 0 radical (unpaired) electrons. The second-order valence-corrected chi connectivity index (χ2v) is 4.89. The molecule has 0 aliphatic carbocycles. The van der Waals surface area contributed by atoms with E-state index in [4.69, 9.17) is 4.74 Å². The summed E-state index contributed by atoms with van der Waals surface area (Å²) in [6.45, 7) is 4.20. The number of amides is 1. The number of halogens is 1. The molecule has 0 saturated carbocycles. The number of piperidine rings is 1. The summed E-state index contributed by atoms with van der Waals surface area (Å²) >= 11 is 0. The van der Waals surface area contributed by atoms with Crippen molar-refractivity contribution in [3.05, 3.63) is 35.6 Å². The van der Waals surface area contributed by atoms with Gasteiger partial charge in [-0.25, -0.2) is 4.39 Å². The standard InChI is InChI=1S/C15H20FNO2/c1-2-10-19-14-4-3-9-17(11-14)15(18)12-5-7-13(16)8-6-12/h5-8,14H,2-4,9-11H2,1H3. The van der Waals surface area contributed by atoms with Crippen LogP contribution in [0.15, 0.2) is 24.3 Å². The molecule has 1 amide bonds. The van der Waals surface area contributed by atoms with Gasteiger partial charge in [0.25, 0.3) is 5.91 Å². The van der Waals surface area contributed by atoms with Crippen LogP contribution in [0.4, 0.5) is 4.39 Å². The topological polar surface area (TPSA) is 29.5 Å². The number of likely N-dealkylation sites (tertiary alicyclic amines) is 1. The second-order valence-electron chi connectivity index (χ2n) is 4.89. The highest BCUT2D eigenvalue weighted by Gasteiger charge is 2.24. The van der Waals surface area contributed by atoms with Crippen molar-refractivity contribution in [2.75, 3.05) is 19.7 Å². The summed E-state index contributed by atoms with van der Waals surface area (Å²) in [5.74, 6) is -0.357. The Bertz CT molecular complexity index is 419. The van der Waals surface area contributed by atoms with Crippen LogP contribution in [-0.4, -0.2) is 36.6 Å². The summed E-state index contributed by atoms with van der Waals surface area (Å²) in [5.41, 5.74) is 0.539. The Morgan fingerprint density at radius 3 is 2.84 bits per heavy atom. The fourth-order valence-corrected chi connectivity index (χ4v) is 2.32. The van der Waals surface area contributed by atoms with Crippen molar-refractivity contribution in [2.24, 2.45) is 0 Å². The van der Waals surface area contributed by atoms with Gasteiger partial charge in [-0.15, -0.1) is 0 Å². The molecule has 1 aliphatic rings. The summed E-state index contributed by atoms with van der Waals surface area (Å²) in [6.07, 6.45) is 3.09. The quantitative estimate of drug-likeness (QED) is 0.837. The number of benzene rings is 1. The number of nitrogens with zero attached hydrogens (tertiary/aromatic N) is 1. The van der Waals surface area contributed by atoms with Gasteiger partial charge in [-0.1, -0.05) is 6.92 Å². The van der Waals surface area contributed by atoms with Crippen molar-refractivity contribution in [1.29, 1.82) is 0 Å². The first-order chi connectivity index (χ1) is 9.20. The van der Waals surface area contributed by atoms with Crippen LogP contribution in [0.3, 0.4) is 0 Å². The number of ether oxygens (including phenoxy) is 1. The Labute approximate surface area is 113 Å². The Kier molecular flexibility index (Phi) is 4.91. The van der Waals surface area contributed by atoms with Gasteiger partial charge in [0.2, 0.25) is 0 Å². The molecule has 0 aromatic heterocycles. The largest absolute Gasteiger partial charge is 0.376 e. The molecular formula is C15H20FNO2. The Hall–Kier alpha value is -1.42. The van der Waals surface area contributed by atoms with Gasteiger partial charge in [0.1, 0.15) is 5.82 Å². The molecule has 0 bridgehead atoms. The monoisotopic (exact) mass is 265 g/mol. The lowest BCUT2D eigenvalue weighted by molar-refractivity contribution is 0.00211. The maximum atomic E-state index is 12.8. The van der Waals surface area contributed by atoms with Crippen LogP contribution in [0.5, 0.6) is 0 Å². The third-order valence-electron chi connectivity index (χ3n) is 3.31. The van der Waals surface area contributed by atoms with E-state index in [2.05, 4.69) is 6.92 Å². The Morgan fingerprint density at radius 1 is 1.42 bits per heavy atom.